The third-order valence-electron chi connectivity index (χ3n) is 3.01. The van der Waals surface area contributed by atoms with Gasteiger partial charge >= 0.3 is 0 Å². The molecule has 0 fully saturated rings. The zero-order valence-corrected chi connectivity index (χ0v) is 11.6. The average Bonchev–Trinajstić information content (AvgIpc) is 2.47. The number of nitrogens with two attached hydrogens (primary N) is 1. The van der Waals surface area contributed by atoms with E-state index in [0.29, 0.717) is 12.2 Å². The van der Waals surface area contributed by atoms with Crippen molar-refractivity contribution in [1.82, 2.24) is 4.98 Å². The van der Waals surface area contributed by atoms with Crippen LogP contribution in [0.4, 0.5) is 5.69 Å². The second-order valence-corrected chi connectivity index (χ2v) is 4.52. The number of nitrogen functional groups attached to an aromatic ring is 1. The van der Waals surface area contributed by atoms with Crippen LogP contribution >= 0.6 is 0 Å². The van der Waals surface area contributed by atoms with Crippen LogP contribution in [0.1, 0.15) is 11.3 Å². The summed E-state index contributed by atoms with van der Waals surface area (Å²) in [5, 5.41) is 7.42. The first kappa shape index (κ1) is 13.9. The van der Waals surface area contributed by atoms with Crippen LogP contribution in [0.2, 0.25) is 0 Å². The smallest absolute Gasteiger partial charge is 0.141 e. The van der Waals surface area contributed by atoms with Gasteiger partial charge in [0.1, 0.15) is 17.3 Å². The molecule has 2 rings (SSSR count). The van der Waals surface area contributed by atoms with Crippen LogP contribution in [0, 0.1) is 5.41 Å². The van der Waals surface area contributed by atoms with Crippen molar-refractivity contribution in [3.05, 3.63) is 53.9 Å². The predicted molar refractivity (Wildman–Crippen MR) is 80.4 cm³/mol. The number of pyridine rings is 1. The quantitative estimate of drug-likeness (QED) is 0.643. The molecule has 1 heterocycles. The lowest BCUT2D eigenvalue weighted by molar-refractivity contribution is 0.415. The van der Waals surface area contributed by atoms with Crippen LogP contribution in [0.15, 0.2) is 42.6 Å². The normalized spacial score (nSPS) is 10.1. The lowest BCUT2D eigenvalue weighted by atomic mass is 10.2. The third-order valence-corrected chi connectivity index (χ3v) is 3.01. The van der Waals surface area contributed by atoms with E-state index in [2.05, 4.69) is 9.88 Å². The second kappa shape index (κ2) is 6.06. The van der Waals surface area contributed by atoms with Crippen LogP contribution in [-0.2, 0) is 6.54 Å². The number of amidine groups is 1. The summed E-state index contributed by atoms with van der Waals surface area (Å²) in [6.07, 6.45) is 1.67. The largest absolute Gasteiger partial charge is 0.497 e. The predicted octanol–water partition coefficient (Wildman–Crippen LogP) is 2.01. The number of nitrogens with zero attached hydrogens (tertiary/aromatic N) is 2. The summed E-state index contributed by atoms with van der Waals surface area (Å²) in [5.41, 5.74) is 8.07. The van der Waals surface area contributed by atoms with E-state index in [1.807, 2.05) is 43.4 Å². The molecule has 0 unspecified atom stereocenters. The first-order valence-corrected chi connectivity index (χ1v) is 6.24. The highest BCUT2D eigenvalue weighted by Gasteiger charge is 2.05. The summed E-state index contributed by atoms with van der Waals surface area (Å²) < 4.78 is 5.22. The molecule has 0 saturated heterocycles. The monoisotopic (exact) mass is 270 g/mol. The number of rotatable bonds is 5. The summed E-state index contributed by atoms with van der Waals surface area (Å²) >= 11 is 0. The molecule has 0 aliphatic carbocycles. The van der Waals surface area contributed by atoms with E-state index in [9.17, 15) is 0 Å². The fourth-order valence-corrected chi connectivity index (χ4v) is 1.93. The molecule has 104 valence electrons. The summed E-state index contributed by atoms with van der Waals surface area (Å²) in [6, 6.07) is 11.6. The van der Waals surface area contributed by atoms with Gasteiger partial charge in [-0.15, -0.1) is 0 Å². The summed E-state index contributed by atoms with van der Waals surface area (Å²) in [5.74, 6) is 0.810. The molecular weight excluding hydrogens is 252 g/mol. The lowest BCUT2D eigenvalue weighted by Gasteiger charge is -2.20. The molecule has 0 aliphatic rings. The summed E-state index contributed by atoms with van der Waals surface area (Å²) in [7, 11) is 3.66. The molecule has 0 aliphatic heterocycles. The van der Waals surface area contributed by atoms with E-state index in [0.717, 1.165) is 17.0 Å². The maximum absolute atomic E-state index is 7.42. The fraction of sp³-hybridized carbons (Fsp3) is 0.200. The average molecular weight is 270 g/mol. The van der Waals surface area contributed by atoms with Gasteiger partial charge in [0.25, 0.3) is 0 Å². The Bertz CT molecular complexity index is 612. The Morgan fingerprint density at radius 2 is 2.15 bits per heavy atom. The zero-order valence-electron chi connectivity index (χ0n) is 11.6. The van der Waals surface area contributed by atoms with Gasteiger partial charge in [-0.25, -0.2) is 0 Å². The van der Waals surface area contributed by atoms with Crippen molar-refractivity contribution in [3.8, 4) is 5.75 Å². The number of aromatic nitrogens is 1. The van der Waals surface area contributed by atoms with Crippen LogP contribution in [-0.4, -0.2) is 25.0 Å². The van der Waals surface area contributed by atoms with E-state index in [1.54, 1.807) is 13.3 Å². The third kappa shape index (κ3) is 3.26. The Kier molecular flexibility index (Phi) is 4.20. The summed E-state index contributed by atoms with van der Waals surface area (Å²) in [6.45, 7) is 0.704. The maximum atomic E-state index is 7.42. The van der Waals surface area contributed by atoms with E-state index in [4.69, 9.17) is 15.9 Å². The van der Waals surface area contributed by atoms with Crippen molar-refractivity contribution in [1.29, 1.82) is 5.41 Å². The van der Waals surface area contributed by atoms with Crippen LogP contribution < -0.4 is 15.4 Å². The molecule has 0 bridgehead atoms. The number of methoxy groups -OCH3 is 1. The number of hydrogen-bond donors (Lipinski definition) is 2. The minimum absolute atomic E-state index is 0.0177. The fourth-order valence-electron chi connectivity index (χ4n) is 1.93. The number of benzene rings is 1. The molecule has 5 heteroatoms. The number of hydrogen-bond acceptors (Lipinski definition) is 4. The standard InChI is InChI=1S/C15H18N4O/c1-19(12-4-3-5-13(9-12)20-2)10-11-6-7-18-14(8-11)15(16)17/h3-9H,10H2,1-2H3,(H3,16,17). The van der Waals surface area contributed by atoms with Gasteiger partial charge in [0.2, 0.25) is 0 Å². The highest BCUT2D eigenvalue weighted by Crippen LogP contribution is 2.21. The van der Waals surface area contributed by atoms with Crippen molar-refractivity contribution in [2.75, 3.05) is 19.1 Å². The van der Waals surface area contributed by atoms with Gasteiger partial charge in [0.15, 0.2) is 0 Å². The Morgan fingerprint density at radius 3 is 2.85 bits per heavy atom. The topological polar surface area (TPSA) is 75.2 Å². The van der Waals surface area contributed by atoms with Crippen molar-refractivity contribution < 1.29 is 4.74 Å². The first-order valence-electron chi connectivity index (χ1n) is 6.24. The first-order chi connectivity index (χ1) is 9.60. The molecule has 0 radical (unpaired) electrons. The molecule has 0 atom stereocenters. The number of ether oxygens (including phenoxy) is 1. The van der Waals surface area contributed by atoms with Crippen LogP contribution in [0.5, 0.6) is 5.75 Å². The van der Waals surface area contributed by atoms with Gasteiger partial charge in [-0.3, -0.25) is 10.4 Å². The molecule has 1 aromatic carbocycles. The Balaban J connectivity index is 2.16. The number of anilines is 1. The van der Waals surface area contributed by atoms with Gasteiger partial charge < -0.3 is 15.4 Å². The molecule has 2 aromatic rings. The van der Waals surface area contributed by atoms with Crippen molar-refractivity contribution in [3.63, 3.8) is 0 Å². The van der Waals surface area contributed by atoms with Crippen LogP contribution in [0.3, 0.4) is 0 Å². The van der Waals surface area contributed by atoms with Gasteiger partial charge in [0, 0.05) is 31.5 Å². The SMILES string of the molecule is COc1cccc(N(C)Cc2ccnc(C(=N)N)c2)c1. The lowest BCUT2D eigenvalue weighted by Crippen LogP contribution is -2.18. The second-order valence-electron chi connectivity index (χ2n) is 4.52. The van der Waals surface area contributed by atoms with Gasteiger partial charge in [-0.1, -0.05) is 6.07 Å². The molecule has 5 nitrogen and oxygen atoms in total. The van der Waals surface area contributed by atoms with Crippen LogP contribution in [0.25, 0.3) is 0 Å². The summed E-state index contributed by atoms with van der Waals surface area (Å²) in [4.78, 5) is 6.16. The van der Waals surface area contributed by atoms with Crippen molar-refractivity contribution >= 4 is 11.5 Å². The molecule has 0 spiro atoms. The Morgan fingerprint density at radius 1 is 1.35 bits per heavy atom. The Labute approximate surface area is 118 Å². The van der Waals surface area contributed by atoms with Crippen molar-refractivity contribution in [2.24, 2.45) is 5.73 Å². The van der Waals surface area contributed by atoms with Gasteiger partial charge in [0.05, 0.1) is 7.11 Å². The molecule has 1 aromatic heterocycles. The van der Waals surface area contributed by atoms with E-state index < -0.39 is 0 Å². The highest BCUT2D eigenvalue weighted by atomic mass is 16.5. The zero-order chi connectivity index (χ0) is 14.5. The molecule has 20 heavy (non-hydrogen) atoms. The highest BCUT2D eigenvalue weighted by molar-refractivity contribution is 5.93. The molecule has 0 amide bonds. The van der Waals surface area contributed by atoms with E-state index in [-0.39, 0.29) is 5.84 Å². The Hall–Kier alpha value is -2.56. The van der Waals surface area contributed by atoms with Crippen molar-refractivity contribution in [2.45, 2.75) is 6.54 Å². The maximum Gasteiger partial charge on any atom is 0.141 e. The minimum Gasteiger partial charge on any atom is -0.497 e. The van der Waals surface area contributed by atoms with Gasteiger partial charge in [-0.05, 0) is 29.8 Å². The van der Waals surface area contributed by atoms with E-state index >= 15 is 0 Å². The van der Waals surface area contributed by atoms with E-state index in [1.165, 1.54) is 0 Å². The molecule has 3 N–H and O–H groups in total. The number of nitrogens with one attached hydrogen (secondary N) is 1. The minimum atomic E-state index is -0.0177. The van der Waals surface area contributed by atoms with Gasteiger partial charge in [-0.2, -0.15) is 0 Å². The molecular formula is C15H18N4O. The molecule has 0 saturated carbocycles.